The number of benzene rings is 2. The molecule has 2 aromatic rings. The van der Waals surface area contributed by atoms with Gasteiger partial charge in [-0.05, 0) is 36.8 Å². The Morgan fingerprint density at radius 3 is 1.20 bits per heavy atom. The number of nitrogens with zero attached hydrogens (tertiary/aromatic N) is 4. The highest BCUT2D eigenvalue weighted by molar-refractivity contribution is 5.91. The van der Waals surface area contributed by atoms with E-state index in [1.54, 1.807) is 9.80 Å². The number of primary amides is 1. The Morgan fingerprint density at radius 1 is 0.467 bits per heavy atom. The molecule has 0 aromatic heterocycles. The van der Waals surface area contributed by atoms with Gasteiger partial charge in [0, 0.05) is 39.3 Å². The van der Waals surface area contributed by atoms with Crippen LogP contribution in [-0.2, 0) is 36.8 Å². The van der Waals surface area contributed by atoms with Crippen molar-refractivity contribution in [1.82, 2.24) is 24.9 Å². The molecular formula is C48H79N7O5. The van der Waals surface area contributed by atoms with E-state index in [-0.39, 0.29) is 62.9 Å². The molecule has 5 amide bonds. The average molecular weight is 834 g/mol. The fourth-order valence-corrected chi connectivity index (χ4v) is 7.25. The summed E-state index contributed by atoms with van der Waals surface area (Å²) in [5, 5.41) is 3.05. The second-order valence-electron chi connectivity index (χ2n) is 16.1. The van der Waals surface area contributed by atoms with E-state index < -0.39 is 5.91 Å². The maximum Gasteiger partial charge on any atom is 0.242 e. The molecule has 0 atom stereocenters. The molecule has 0 heterocycles. The number of nitrogens with one attached hydrogen (secondary N) is 1. The molecule has 336 valence electrons. The van der Waals surface area contributed by atoms with Gasteiger partial charge in [-0.3, -0.25) is 24.0 Å². The van der Waals surface area contributed by atoms with Gasteiger partial charge < -0.3 is 36.4 Å². The Morgan fingerprint density at radius 2 is 0.817 bits per heavy atom. The Hall–Kier alpha value is -4.29. The van der Waals surface area contributed by atoms with Crippen LogP contribution in [0.3, 0.4) is 0 Å². The lowest BCUT2D eigenvalue weighted by atomic mass is 10.1. The molecule has 12 heteroatoms. The lowest BCUT2D eigenvalue weighted by Gasteiger charge is -2.31. The van der Waals surface area contributed by atoms with Gasteiger partial charge >= 0.3 is 0 Å². The van der Waals surface area contributed by atoms with Gasteiger partial charge in [-0.1, -0.05) is 164 Å². The Labute approximate surface area is 362 Å². The standard InChI is InChI=1S/C48H79N7O5/c1-3-5-7-9-11-13-15-23-33-52(38-44(50)56)46(58)39-53(34-24-16-14-12-10-8-6-4-2)47(59)41-55(36-30-43-27-21-18-22-28-43)48(60)40-54(45(57)37-51-32-31-49)35-29-42-25-19-17-20-26-42/h17-22,25-28,51H,3-16,23-24,29-41,49H2,1-2H3,(H2,50,56). The minimum absolute atomic E-state index is 0.0392. The molecule has 5 N–H and O–H groups in total. The van der Waals surface area contributed by atoms with Gasteiger partial charge in [0.2, 0.25) is 29.5 Å². The first-order valence-electron chi connectivity index (χ1n) is 23.1. The highest BCUT2D eigenvalue weighted by atomic mass is 16.2. The Bertz CT molecular complexity index is 1460. The van der Waals surface area contributed by atoms with Gasteiger partial charge in [0.05, 0.1) is 32.7 Å². The number of amides is 5. The monoisotopic (exact) mass is 834 g/mol. The predicted octanol–water partition coefficient (Wildman–Crippen LogP) is 6.10. The maximum atomic E-state index is 14.4. The van der Waals surface area contributed by atoms with Crippen LogP contribution in [0.15, 0.2) is 60.7 Å². The van der Waals surface area contributed by atoms with Crippen molar-refractivity contribution in [1.29, 1.82) is 0 Å². The van der Waals surface area contributed by atoms with Crippen molar-refractivity contribution in [3.8, 4) is 0 Å². The van der Waals surface area contributed by atoms with Crippen LogP contribution in [0.4, 0.5) is 0 Å². The molecule has 0 saturated carbocycles. The average Bonchev–Trinajstić information content (AvgIpc) is 3.25. The number of rotatable bonds is 36. The third-order valence-electron chi connectivity index (χ3n) is 10.9. The SMILES string of the molecule is CCCCCCCCCCN(CC(N)=O)C(=O)CN(CCCCCCCCCC)C(=O)CN(CCc1ccccc1)C(=O)CN(CCc1ccccc1)C(=O)CNCCN. The van der Waals surface area contributed by atoms with Crippen molar-refractivity contribution >= 4 is 29.5 Å². The van der Waals surface area contributed by atoms with Crippen LogP contribution in [0.25, 0.3) is 0 Å². The predicted molar refractivity (Wildman–Crippen MR) is 243 cm³/mol. The van der Waals surface area contributed by atoms with Crippen molar-refractivity contribution < 1.29 is 24.0 Å². The van der Waals surface area contributed by atoms with Crippen LogP contribution in [-0.4, -0.2) is 121 Å². The fraction of sp³-hybridized carbons (Fsp3) is 0.646. The molecule has 0 aliphatic heterocycles. The molecule has 0 bridgehead atoms. The molecular weight excluding hydrogens is 755 g/mol. The summed E-state index contributed by atoms with van der Waals surface area (Å²) in [7, 11) is 0. The molecule has 0 aliphatic carbocycles. The summed E-state index contributed by atoms with van der Waals surface area (Å²) in [6, 6.07) is 19.6. The second kappa shape index (κ2) is 33.4. The highest BCUT2D eigenvalue weighted by Crippen LogP contribution is 2.13. The van der Waals surface area contributed by atoms with Crippen molar-refractivity contribution in [2.24, 2.45) is 11.5 Å². The molecule has 12 nitrogen and oxygen atoms in total. The molecule has 2 rings (SSSR count). The van der Waals surface area contributed by atoms with Crippen molar-refractivity contribution in [3.05, 3.63) is 71.8 Å². The van der Waals surface area contributed by atoms with Gasteiger partial charge in [0.15, 0.2) is 0 Å². The zero-order valence-electron chi connectivity index (χ0n) is 37.3. The van der Waals surface area contributed by atoms with E-state index in [2.05, 4.69) is 19.2 Å². The van der Waals surface area contributed by atoms with Crippen LogP contribution >= 0.6 is 0 Å². The summed E-state index contributed by atoms with van der Waals surface area (Å²) < 4.78 is 0. The van der Waals surface area contributed by atoms with E-state index in [9.17, 15) is 24.0 Å². The number of hydrogen-bond donors (Lipinski definition) is 3. The molecule has 0 spiro atoms. The summed E-state index contributed by atoms with van der Waals surface area (Å²) >= 11 is 0. The molecule has 0 saturated heterocycles. The molecule has 0 aliphatic rings. The van der Waals surface area contributed by atoms with Crippen LogP contribution in [0, 0.1) is 0 Å². The van der Waals surface area contributed by atoms with Crippen molar-refractivity contribution in [2.75, 3.05) is 72.0 Å². The normalized spacial score (nSPS) is 11.0. The second-order valence-corrected chi connectivity index (χ2v) is 16.1. The third-order valence-corrected chi connectivity index (χ3v) is 10.9. The summed E-state index contributed by atoms with van der Waals surface area (Å²) in [6.07, 6.45) is 18.5. The highest BCUT2D eigenvalue weighted by Gasteiger charge is 2.27. The number of nitrogens with two attached hydrogens (primary N) is 2. The van der Waals surface area contributed by atoms with Crippen molar-refractivity contribution in [2.45, 2.75) is 129 Å². The summed E-state index contributed by atoms with van der Waals surface area (Å²) in [6.45, 7) is 5.78. The fourth-order valence-electron chi connectivity index (χ4n) is 7.25. The van der Waals surface area contributed by atoms with E-state index in [0.29, 0.717) is 45.6 Å². The number of carbonyl (C=O) groups is 5. The lowest BCUT2D eigenvalue weighted by Crippen LogP contribution is -2.51. The largest absolute Gasteiger partial charge is 0.368 e. The number of carbonyl (C=O) groups excluding carboxylic acids is 5. The minimum atomic E-state index is -0.592. The lowest BCUT2D eigenvalue weighted by molar-refractivity contribution is -0.146. The van der Waals surface area contributed by atoms with Gasteiger partial charge in [-0.25, -0.2) is 0 Å². The van der Waals surface area contributed by atoms with Crippen molar-refractivity contribution in [3.63, 3.8) is 0 Å². The smallest absolute Gasteiger partial charge is 0.242 e. The first kappa shape index (κ1) is 51.8. The van der Waals surface area contributed by atoms with E-state index in [0.717, 1.165) is 62.5 Å². The van der Waals surface area contributed by atoms with Gasteiger partial charge in [0.1, 0.15) is 0 Å². The maximum absolute atomic E-state index is 14.4. The van der Waals surface area contributed by atoms with E-state index in [4.69, 9.17) is 11.5 Å². The summed E-state index contributed by atoms with van der Waals surface area (Å²) in [5.41, 5.74) is 13.3. The van der Waals surface area contributed by atoms with E-state index in [1.807, 2.05) is 60.7 Å². The first-order valence-corrected chi connectivity index (χ1v) is 23.1. The van der Waals surface area contributed by atoms with Crippen LogP contribution in [0.5, 0.6) is 0 Å². The topological polar surface area (TPSA) is 162 Å². The number of hydrogen-bond acceptors (Lipinski definition) is 7. The van der Waals surface area contributed by atoms with Gasteiger partial charge in [0.25, 0.3) is 0 Å². The Kier molecular flexibility index (Phi) is 28.9. The molecule has 0 radical (unpaired) electrons. The van der Waals surface area contributed by atoms with Gasteiger partial charge in [-0.2, -0.15) is 0 Å². The first-order chi connectivity index (χ1) is 29.2. The van der Waals surface area contributed by atoms with Crippen LogP contribution in [0.2, 0.25) is 0 Å². The molecule has 60 heavy (non-hydrogen) atoms. The van der Waals surface area contributed by atoms with Gasteiger partial charge in [-0.15, -0.1) is 0 Å². The molecule has 2 aromatic carbocycles. The Balaban J connectivity index is 2.28. The summed E-state index contributed by atoms with van der Waals surface area (Å²) in [4.78, 5) is 74.3. The van der Waals surface area contributed by atoms with Crippen LogP contribution in [0.1, 0.15) is 128 Å². The minimum Gasteiger partial charge on any atom is -0.368 e. The summed E-state index contributed by atoms with van der Waals surface area (Å²) in [5.74, 6) is -1.83. The zero-order valence-corrected chi connectivity index (χ0v) is 37.3. The van der Waals surface area contributed by atoms with E-state index >= 15 is 0 Å². The quantitative estimate of drug-likeness (QED) is 0.0699. The van der Waals surface area contributed by atoms with E-state index in [1.165, 1.54) is 61.2 Å². The zero-order chi connectivity index (χ0) is 43.6. The third kappa shape index (κ3) is 24.1. The molecule has 0 fully saturated rings. The van der Waals surface area contributed by atoms with Crippen LogP contribution < -0.4 is 16.8 Å². The molecule has 0 unspecified atom stereocenters. The number of unbranched alkanes of at least 4 members (excludes halogenated alkanes) is 14.